The molecule has 27 heavy (non-hydrogen) atoms. The van der Waals surface area contributed by atoms with Gasteiger partial charge in [0.05, 0.1) is 14.2 Å². The Morgan fingerprint density at radius 3 is 2.52 bits per heavy atom. The summed E-state index contributed by atoms with van der Waals surface area (Å²) in [5, 5.41) is 2.86. The van der Waals surface area contributed by atoms with Crippen LogP contribution in [0.5, 0.6) is 11.5 Å². The molecule has 2 aromatic carbocycles. The minimum absolute atomic E-state index is 0.145. The second kappa shape index (κ2) is 8.07. The SMILES string of the molecule is COc1ccc(CNC(=O)C2CCC(=O)N2c2ccc(F)cc2)cc1OC. The number of nitrogens with zero attached hydrogens (tertiary/aromatic N) is 1. The summed E-state index contributed by atoms with van der Waals surface area (Å²) in [5.41, 5.74) is 1.36. The van der Waals surface area contributed by atoms with Crippen LogP contribution in [0.15, 0.2) is 42.5 Å². The number of benzene rings is 2. The first-order valence-corrected chi connectivity index (χ1v) is 8.59. The van der Waals surface area contributed by atoms with Gasteiger partial charge in [0.1, 0.15) is 11.9 Å². The van der Waals surface area contributed by atoms with Crippen molar-refractivity contribution in [3.63, 3.8) is 0 Å². The van der Waals surface area contributed by atoms with Crippen molar-refractivity contribution in [3.05, 3.63) is 53.8 Å². The molecule has 7 heteroatoms. The molecule has 0 saturated carbocycles. The van der Waals surface area contributed by atoms with Crippen molar-refractivity contribution in [1.82, 2.24) is 5.32 Å². The van der Waals surface area contributed by atoms with E-state index in [1.165, 1.54) is 29.2 Å². The Morgan fingerprint density at radius 1 is 1.15 bits per heavy atom. The molecule has 1 atom stereocenters. The maximum atomic E-state index is 13.1. The van der Waals surface area contributed by atoms with Crippen molar-refractivity contribution in [2.24, 2.45) is 0 Å². The van der Waals surface area contributed by atoms with E-state index in [1.54, 1.807) is 26.4 Å². The molecular weight excluding hydrogens is 351 g/mol. The predicted molar refractivity (Wildman–Crippen MR) is 98.3 cm³/mol. The molecule has 6 nitrogen and oxygen atoms in total. The first-order valence-electron chi connectivity index (χ1n) is 8.59. The molecule has 0 bridgehead atoms. The smallest absolute Gasteiger partial charge is 0.243 e. The summed E-state index contributed by atoms with van der Waals surface area (Å²) < 4.78 is 23.6. The van der Waals surface area contributed by atoms with Gasteiger partial charge in [-0.15, -0.1) is 0 Å². The topological polar surface area (TPSA) is 67.9 Å². The zero-order chi connectivity index (χ0) is 19.4. The van der Waals surface area contributed by atoms with Crippen LogP contribution in [0, 0.1) is 5.82 Å². The number of halogens is 1. The van der Waals surface area contributed by atoms with Crippen molar-refractivity contribution in [1.29, 1.82) is 0 Å². The van der Waals surface area contributed by atoms with Gasteiger partial charge in [0.2, 0.25) is 11.8 Å². The van der Waals surface area contributed by atoms with Crippen LogP contribution in [0.1, 0.15) is 18.4 Å². The van der Waals surface area contributed by atoms with E-state index < -0.39 is 6.04 Å². The zero-order valence-corrected chi connectivity index (χ0v) is 15.2. The summed E-state index contributed by atoms with van der Waals surface area (Å²) in [5.74, 6) is 0.400. The summed E-state index contributed by atoms with van der Waals surface area (Å²) in [6.07, 6.45) is 0.708. The minimum Gasteiger partial charge on any atom is -0.493 e. The number of amides is 2. The van der Waals surface area contributed by atoms with Crippen molar-refractivity contribution < 1.29 is 23.5 Å². The average Bonchev–Trinajstić information content (AvgIpc) is 3.08. The third-order valence-electron chi connectivity index (χ3n) is 4.53. The monoisotopic (exact) mass is 372 g/mol. The summed E-state index contributed by atoms with van der Waals surface area (Å²) in [6, 6.07) is 10.3. The van der Waals surface area contributed by atoms with Crippen LogP contribution >= 0.6 is 0 Å². The van der Waals surface area contributed by atoms with Gasteiger partial charge in [0.25, 0.3) is 0 Å². The summed E-state index contributed by atoms with van der Waals surface area (Å²) in [7, 11) is 3.10. The Labute approximate surface area is 156 Å². The molecule has 1 saturated heterocycles. The Kier molecular flexibility index (Phi) is 5.59. The van der Waals surface area contributed by atoms with Gasteiger partial charge in [0.15, 0.2) is 11.5 Å². The van der Waals surface area contributed by atoms with Crippen LogP contribution in [-0.2, 0) is 16.1 Å². The third kappa shape index (κ3) is 4.02. The lowest BCUT2D eigenvalue weighted by atomic mass is 10.1. The molecular formula is C20H21FN2O4. The maximum absolute atomic E-state index is 13.1. The van der Waals surface area contributed by atoms with Gasteiger partial charge < -0.3 is 14.8 Å². The molecule has 1 unspecified atom stereocenters. The van der Waals surface area contributed by atoms with Crippen LogP contribution in [-0.4, -0.2) is 32.1 Å². The third-order valence-corrected chi connectivity index (χ3v) is 4.53. The molecule has 1 heterocycles. The first-order chi connectivity index (χ1) is 13.0. The lowest BCUT2D eigenvalue weighted by Crippen LogP contribution is -2.44. The highest BCUT2D eigenvalue weighted by molar-refractivity contribution is 6.03. The fourth-order valence-electron chi connectivity index (χ4n) is 3.16. The fourth-order valence-corrected chi connectivity index (χ4v) is 3.16. The molecule has 2 aromatic rings. The summed E-state index contributed by atoms with van der Waals surface area (Å²) >= 11 is 0. The molecule has 3 rings (SSSR count). The highest BCUT2D eigenvalue weighted by Crippen LogP contribution is 2.29. The normalized spacial score (nSPS) is 16.3. The van der Waals surface area contributed by atoms with Crippen LogP contribution < -0.4 is 19.7 Å². The number of carbonyl (C=O) groups is 2. The molecule has 0 spiro atoms. The van der Waals surface area contributed by atoms with E-state index in [0.717, 1.165) is 5.56 Å². The second-order valence-corrected chi connectivity index (χ2v) is 6.20. The number of rotatable bonds is 6. The van der Waals surface area contributed by atoms with Crippen LogP contribution in [0.2, 0.25) is 0 Å². The van der Waals surface area contributed by atoms with E-state index in [4.69, 9.17) is 9.47 Å². The molecule has 1 aliphatic rings. The van der Waals surface area contributed by atoms with E-state index in [9.17, 15) is 14.0 Å². The molecule has 1 N–H and O–H groups in total. The Balaban J connectivity index is 1.70. The molecule has 2 amide bonds. The number of carbonyl (C=O) groups excluding carboxylic acids is 2. The van der Waals surface area contributed by atoms with E-state index in [0.29, 0.717) is 30.2 Å². The number of hydrogen-bond acceptors (Lipinski definition) is 4. The van der Waals surface area contributed by atoms with Gasteiger partial charge in [-0.2, -0.15) is 0 Å². The van der Waals surface area contributed by atoms with Gasteiger partial charge in [-0.25, -0.2) is 4.39 Å². The lowest BCUT2D eigenvalue weighted by molar-refractivity contribution is -0.124. The van der Waals surface area contributed by atoms with Crippen molar-refractivity contribution in [2.75, 3.05) is 19.1 Å². The number of anilines is 1. The average molecular weight is 372 g/mol. The van der Waals surface area contributed by atoms with Gasteiger partial charge >= 0.3 is 0 Å². The van der Waals surface area contributed by atoms with Crippen LogP contribution in [0.4, 0.5) is 10.1 Å². The number of ether oxygens (including phenoxy) is 2. The molecule has 1 fully saturated rings. The molecule has 1 aliphatic heterocycles. The highest BCUT2D eigenvalue weighted by Gasteiger charge is 2.36. The first kappa shape index (κ1) is 18.7. The lowest BCUT2D eigenvalue weighted by Gasteiger charge is -2.24. The summed E-state index contributed by atoms with van der Waals surface area (Å²) in [6.45, 7) is 0.293. The Hall–Kier alpha value is -3.09. The quantitative estimate of drug-likeness (QED) is 0.847. The molecule has 0 aliphatic carbocycles. The van der Waals surface area contributed by atoms with Crippen LogP contribution in [0.3, 0.4) is 0 Å². The Morgan fingerprint density at radius 2 is 1.85 bits per heavy atom. The largest absolute Gasteiger partial charge is 0.493 e. The maximum Gasteiger partial charge on any atom is 0.243 e. The van der Waals surface area contributed by atoms with E-state index in [1.807, 2.05) is 6.07 Å². The van der Waals surface area contributed by atoms with Crippen molar-refractivity contribution >= 4 is 17.5 Å². The molecule has 0 radical (unpaired) electrons. The van der Waals surface area contributed by atoms with E-state index in [-0.39, 0.29) is 24.1 Å². The minimum atomic E-state index is -0.608. The van der Waals surface area contributed by atoms with Gasteiger partial charge in [-0.05, 0) is 48.4 Å². The van der Waals surface area contributed by atoms with Crippen molar-refractivity contribution in [3.8, 4) is 11.5 Å². The second-order valence-electron chi connectivity index (χ2n) is 6.20. The predicted octanol–water partition coefficient (Wildman–Crippen LogP) is 2.65. The number of methoxy groups -OCH3 is 2. The van der Waals surface area contributed by atoms with E-state index in [2.05, 4.69) is 5.32 Å². The van der Waals surface area contributed by atoms with E-state index >= 15 is 0 Å². The van der Waals surface area contributed by atoms with Gasteiger partial charge in [-0.1, -0.05) is 6.07 Å². The highest BCUT2D eigenvalue weighted by atomic mass is 19.1. The van der Waals surface area contributed by atoms with Gasteiger partial charge in [-0.3, -0.25) is 14.5 Å². The molecule has 142 valence electrons. The Bertz CT molecular complexity index is 838. The number of nitrogens with one attached hydrogen (secondary N) is 1. The number of hydrogen-bond donors (Lipinski definition) is 1. The molecule has 0 aromatic heterocycles. The summed E-state index contributed by atoms with van der Waals surface area (Å²) in [4.78, 5) is 26.3. The van der Waals surface area contributed by atoms with Gasteiger partial charge in [0, 0.05) is 18.7 Å². The standard InChI is InChI=1S/C20H21FN2O4/c1-26-17-9-3-13(11-18(17)27-2)12-22-20(25)16-8-10-19(24)23(16)15-6-4-14(21)5-7-15/h3-7,9,11,16H,8,10,12H2,1-2H3,(H,22,25). The fraction of sp³-hybridized carbons (Fsp3) is 0.300. The van der Waals surface area contributed by atoms with Crippen molar-refractivity contribution in [2.45, 2.75) is 25.4 Å². The zero-order valence-electron chi connectivity index (χ0n) is 15.2. The van der Waals surface area contributed by atoms with Crippen LogP contribution in [0.25, 0.3) is 0 Å².